The Labute approximate surface area is 327 Å². The van der Waals surface area contributed by atoms with E-state index >= 15 is 0 Å². The van der Waals surface area contributed by atoms with E-state index in [1.54, 1.807) is 0 Å². The molecule has 56 heavy (non-hydrogen) atoms. The van der Waals surface area contributed by atoms with Gasteiger partial charge in [0.25, 0.3) is 0 Å². The first-order valence-electron chi connectivity index (χ1n) is 18.8. The van der Waals surface area contributed by atoms with Gasteiger partial charge in [-0.1, -0.05) is 158 Å². The maximum atomic E-state index is 4.97. The van der Waals surface area contributed by atoms with E-state index in [-0.39, 0.29) is 0 Å². The number of aromatic nitrogens is 4. The summed E-state index contributed by atoms with van der Waals surface area (Å²) >= 11 is 1.89. The Bertz CT molecular complexity index is 3160. The van der Waals surface area contributed by atoms with Gasteiger partial charge in [-0.2, -0.15) is 0 Å². The van der Waals surface area contributed by atoms with Crippen molar-refractivity contribution in [2.75, 3.05) is 0 Å². The minimum Gasteiger partial charge on any atom is -0.309 e. The van der Waals surface area contributed by atoms with Gasteiger partial charge in [0, 0.05) is 53.3 Å². The fraction of sp³-hybridized carbons (Fsp3) is 0. The monoisotopic (exact) mass is 732 g/mol. The molecule has 5 heteroatoms. The van der Waals surface area contributed by atoms with Gasteiger partial charge in [-0.05, 0) is 58.7 Å². The molecule has 0 unspecified atom stereocenters. The molecular weight excluding hydrogens is 701 g/mol. The average molecular weight is 733 g/mol. The topological polar surface area (TPSA) is 43.6 Å². The molecule has 3 aromatic heterocycles. The van der Waals surface area contributed by atoms with Gasteiger partial charge in [-0.25, -0.2) is 15.0 Å². The third-order valence-electron chi connectivity index (χ3n) is 10.7. The third kappa shape index (κ3) is 5.40. The molecule has 0 bridgehead atoms. The fourth-order valence-electron chi connectivity index (χ4n) is 8.01. The van der Waals surface area contributed by atoms with Gasteiger partial charge < -0.3 is 4.57 Å². The van der Waals surface area contributed by atoms with E-state index in [0.717, 1.165) is 33.4 Å². The highest BCUT2D eigenvalue weighted by Gasteiger charge is 2.18. The highest BCUT2D eigenvalue weighted by molar-refractivity contribution is 7.26. The SMILES string of the molecule is c1ccc(-c2nc(-c3ccccc3)nc(-c3ccc(-n4c5ccccc5c5ccc(-c6cccc7c6sc6c(-c8ccccc8)cccc67)cc54)cc3)n2)cc1. The van der Waals surface area contributed by atoms with E-state index in [2.05, 4.69) is 138 Å². The second kappa shape index (κ2) is 13.3. The molecule has 8 aromatic carbocycles. The van der Waals surface area contributed by atoms with Crippen LogP contribution in [0.4, 0.5) is 0 Å². The highest BCUT2D eigenvalue weighted by Crippen LogP contribution is 2.45. The van der Waals surface area contributed by atoms with E-state index in [0.29, 0.717) is 17.5 Å². The van der Waals surface area contributed by atoms with E-state index < -0.39 is 0 Å². The molecule has 3 heterocycles. The fourth-order valence-corrected chi connectivity index (χ4v) is 9.38. The van der Waals surface area contributed by atoms with Gasteiger partial charge in [0.2, 0.25) is 0 Å². The van der Waals surface area contributed by atoms with Crippen molar-refractivity contribution in [3.05, 3.63) is 194 Å². The Balaban J connectivity index is 1.05. The average Bonchev–Trinajstić information content (AvgIpc) is 3.83. The zero-order valence-electron chi connectivity index (χ0n) is 30.2. The Hall–Kier alpha value is -7.21. The number of hydrogen-bond acceptors (Lipinski definition) is 4. The summed E-state index contributed by atoms with van der Waals surface area (Å²) in [5.74, 6) is 1.94. The lowest BCUT2D eigenvalue weighted by Crippen LogP contribution is -2.00. The predicted octanol–water partition coefficient (Wildman–Crippen LogP) is 13.7. The Morgan fingerprint density at radius 1 is 0.321 bits per heavy atom. The zero-order valence-corrected chi connectivity index (χ0v) is 31.0. The van der Waals surface area contributed by atoms with Gasteiger partial charge in [0.1, 0.15) is 0 Å². The maximum Gasteiger partial charge on any atom is 0.164 e. The van der Waals surface area contributed by atoms with Crippen molar-refractivity contribution < 1.29 is 0 Å². The van der Waals surface area contributed by atoms with Crippen LogP contribution in [0.1, 0.15) is 0 Å². The standard InChI is InChI=1S/C51H32N4S/c1-4-14-33(15-5-1)39-21-12-23-43-44-24-13-22-40(48(44)56-47(39)43)37-28-31-42-41-20-10-11-25-45(41)55(46(42)32-37)38-29-26-36(27-30-38)51-53-49(34-16-6-2-7-17-34)52-50(54-51)35-18-8-3-9-19-35/h1-32H. The number of hydrogen-bond donors (Lipinski definition) is 0. The Morgan fingerprint density at radius 3 is 1.36 bits per heavy atom. The lowest BCUT2D eigenvalue weighted by molar-refractivity contribution is 1.07. The van der Waals surface area contributed by atoms with Crippen LogP contribution >= 0.6 is 11.3 Å². The number of para-hydroxylation sites is 1. The van der Waals surface area contributed by atoms with Crippen LogP contribution in [0.5, 0.6) is 0 Å². The number of benzene rings is 8. The summed E-state index contributed by atoms with van der Waals surface area (Å²) in [6.45, 7) is 0. The molecule has 0 fully saturated rings. The molecule has 0 aliphatic heterocycles. The third-order valence-corrected chi connectivity index (χ3v) is 12.0. The second-order valence-electron chi connectivity index (χ2n) is 14.0. The van der Waals surface area contributed by atoms with E-state index in [9.17, 15) is 0 Å². The number of thiophene rings is 1. The predicted molar refractivity (Wildman–Crippen MR) is 234 cm³/mol. The Kier molecular flexibility index (Phi) is 7.64. The number of fused-ring (bicyclic) bond motifs is 6. The first-order chi connectivity index (χ1) is 27.8. The minimum absolute atomic E-state index is 0.639. The molecule has 11 rings (SSSR count). The molecule has 0 atom stereocenters. The van der Waals surface area contributed by atoms with Crippen molar-refractivity contribution in [1.29, 1.82) is 0 Å². The molecule has 0 saturated carbocycles. The van der Waals surface area contributed by atoms with Gasteiger partial charge >= 0.3 is 0 Å². The molecule has 0 radical (unpaired) electrons. The molecule has 262 valence electrons. The normalized spacial score (nSPS) is 11.6. The van der Waals surface area contributed by atoms with Crippen LogP contribution in [-0.2, 0) is 0 Å². The molecule has 11 aromatic rings. The molecule has 0 spiro atoms. The molecule has 4 nitrogen and oxygen atoms in total. The van der Waals surface area contributed by atoms with Crippen LogP contribution < -0.4 is 0 Å². The molecule has 0 aliphatic carbocycles. The van der Waals surface area contributed by atoms with Gasteiger partial charge in [-0.3, -0.25) is 0 Å². The van der Waals surface area contributed by atoms with Crippen molar-refractivity contribution >= 4 is 53.3 Å². The summed E-state index contributed by atoms with van der Waals surface area (Å²) in [5.41, 5.74) is 11.2. The molecule has 0 aliphatic rings. The minimum atomic E-state index is 0.639. The summed E-state index contributed by atoms with van der Waals surface area (Å²) in [5, 5.41) is 5.04. The molecule has 0 amide bonds. The van der Waals surface area contributed by atoms with Crippen molar-refractivity contribution in [2.24, 2.45) is 0 Å². The van der Waals surface area contributed by atoms with Crippen LogP contribution in [0, 0.1) is 0 Å². The van der Waals surface area contributed by atoms with Crippen LogP contribution in [-0.4, -0.2) is 19.5 Å². The molecule has 0 N–H and O–H groups in total. The molecule has 0 saturated heterocycles. The van der Waals surface area contributed by atoms with Crippen molar-refractivity contribution in [2.45, 2.75) is 0 Å². The lowest BCUT2D eigenvalue weighted by Gasteiger charge is -2.11. The van der Waals surface area contributed by atoms with Gasteiger partial charge in [-0.15, -0.1) is 11.3 Å². The van der Waals surface area contributed by atoms with Crippen LogP contribution in [0.2, 0.25) is 0 Å². The van der Waals surface area contributed by atoms with Crippen molar-refractivity contribution in [3.8, 4) is 62.1 Å². The van der Waals surface area contributed by atoms with Crippen LogP contribution in [0.25, 0.3) is 104 Å². The highest BCUT2D eigenvalue weighted by atomic mass is 32.1. The smallest absolute Gasteiger partial charge is 0.164 e. The largest absolute Gasteiger partial charge is 0.309 e. The summed E-state index contributed by atoms with van der Waals surface area (Å²) in [7, 11) is 0. The van der Waals surface area contributed by atoms with Crippen LogP contribution in [0.15, 0.2) is 194 Å². The zero-order chi connectivity index (χ0) is 37.0. The summed E-state index contributed by atoms with van der Waals surface area (Å²) < 4.78 is 5.01. The summed E-state index contributed by atoms with van der Waals surface area (Å²) in [4.78, 5) is 14.8. The van der Waals surface area contributed by atoms with Crippen molar-refractivity contribution in [3.63, 3.8) is 0 Å². The summed E-state index contributed by atoms with van der Waals surface area (Å²) in [6.07, 6.45) is 0. The lowest BCUT2D eigenvalue weighted by atomic mass is 9.99. The Morgan fingerprint density at radius 2 is 0.768 bits per heavy atom. The quantitative estimate of drug-likeness (QED) is 0.171. The van der Waals surface area contributed by atoms with E-state index in [4.69, 9.17) is 15.0 Å². The molecular formula is C51H32N4S. The number of nitrogens with zero attached hydrogens (tertiary/aromatic N) is 4. The van der Waals surface area contributed by atoms with E-state index in [1.807, 2.05) is 72.0 Å². The summed E-state index contributed by atoms with van der Waals surface area (Å²) in [6, 6.07) is 68.6. The van der Waals surface area contributed by atoms with Crippen LogP contribution in [0.3, 0.4) is 0 Å². The van der Waals surface area contributed by atoms with Gasteiger partial charge in [0.15, 0.2) is 17.5 Å². The first kappa shape index (κ1) is 32.2. The van der Waals surface area contributed by atoms with E-state index in [1.165, 1.54) is 53.2 Å². The van der Waals surface area contributed by atoms with Crippen molar-refractivity contribution in [1.82, 2.24) is 19.5 Å². The first-order valence-corrected chi connectivity index (χ1v) is 19.6. The number of rotatable bonds is 6. The van der Waals surface area contributed by atoms with Gasteiger partial charge in [0.05, 0.1) is 11.0 Å². The maximum absolute atomic E-state index is 4.97. The second-order valence-corrected chi connectivity index (χ2v) is 15.0.